The largest absolute Gasteiger partial charge is 0.492 e. The Hall–Kier alpha value is -2.53. The van der Waals surface area contributed by atoms with Crippen LogP contribution in [0, 0.1) is 6.92 Å². The van der Waals surface area contributed by atoms with Crippen LogP contribution >= 0.6 is 11.6 Å². The fourth-order valence-electron chi connectivity index (χ4n) is 2.58. The minimum absolute atomic E-state index is 0.326. The average Bonchev–Trinajstić information content (AvgIpc) is 2.60. The quantitative estimate of drug-likeness (QED) is 0.847. The summed E-state index contributed by atoms with van der Waals surface area (Å²) >= 11 is 5.92. The van der Waals surface area contributed by atoms with Crippen LogP contribution in [0.25, 0.3) is 0 Å². The molecule has 1 heterocycles. The zero-order valence-corrected chi connectivity index (χ0v) is 14.8. The van der Waals surface area contributed by atoms with Crippen molar-refractivity contribution in [1.82, 2.24) is 5.43 Å². The lowest BCUT2D eigenvalue weighted by Gasteiger charge is -2.21. The van der Waals surface area contributed by atoms with Crippen molar-refractivity contribution < 1.29 is 14.3 Å². The highest BCUT2D eigenvalue weighted by Crippen LogP contribution is 2.28. The van der Waals surface area contributed by atoms with Crippen LogP contribution in [-0.4, -0.2) is 24.3 Å². The number of hydrogen-bond acceptors (Lipinski definition) is 4. The van der Waals surface area contributed by atoms with Gasteiger partial charge in [0.05, 0.1) is 12.3 Å². The van der Waals surface area contributed by atoms with E-state index in [-0.39, 0.29) is 5.91 Å². The molecule has 6 heteroatoms. The Bertz CT molecular complexity index is 820. The third kappa shape index (κ3) is 4.12. The number of benzene rings is 2. The van der Waals surface area contributed by atoms with Gasteiger partial charge in [0, 0.05) is 17.0 Å². The van der Waals surface area contributed by atoms with Crippen LogP contribution in [0.1, 0.15) is 24.5 Å². The Kier molecular flexibility index (Phi) is 5.24. The van der Waals surface area contributed by atoms with Crippen LogP contribution < -0.4 is 14.9 Å². The van der Waals surface area contributed by atoms with Crippen LogP contribution in [0.5, 0.6) is 11.5 Å². The van der Waals surface area contributed by atoms with Gasteiger partial charge < -0.3 is 9.47 Å². The highest BCUT2D eigenvalue weighted by molar-refractivity contribution is 6.30. The normalized spacial score (nSPS) is 15.9. The Morgan fingerprint density at radius 3 is 2.92 bits per heavy atom. The van der Waals surface area contributed by atoms with E-state index in [1.807, 2.05) is 25.1 Å². The number of fused-ring (bicyclic) bond motifs is 1. The van der Waals surface area contributed by atoms with Crippen molar-refractivity contribution in [3.05, 3.63) is 58.6 Å². The Labute approximate surface area is 151 Å². The summed E-state index contributed by atoms with van der Waals surface area (Å²) in [6.45, 7) is 4.20. The third-order valence-electron chi connectivity index (χ3n) is 3.89. The molecule has 0 radical (unpaired) electrons. The van der Waals surface area contributed by atoms with E-state index in [0.29, 0.717) is 23.8 Å². The summed E-state index contributed by atoms with van der Waals surface area (Å²) in [5, 5.41) is 4.83. The first-order valence-electron chi connectivity index (χ1n) is 8.06. The minimum atomic E-state index is -0.695. The topological polar surface area (TPSA) is 59.9 Å². The smallest absolute Gasteiger partial charge is 0.280 e. The van der Waals surface area contributed by atoms with E-state index in [0.717, 1.165) is 22.6 Å². The fraction of sp³-hybridized carbons (Fsp3) is 0.263. The van der Waals surface area contributed by atoms with E-state index in [9.17, 15) is 4.79 Å². The molecule has 0 aromatic heterocycles. The molecule has 0 saturated carbocycles. The van der Waals surface area contributed by atoms with E-state index >= 15 is 0 Å². The Morgan fingerprint density at radius 1 is 1.32 bits per heavy atom. The van der Waals surface area contributed by atoms with Crippen molar-refractivity contribution in [2.45, 2.75) is 26.4 Å². The molecule has 0 aliphatic carbocycles. The van der Waals surface area contributed by atoms with Crippen molar-refractivity contribution in [3.8, 4) is 11.5 Å². The fourth-order valence-corrected chi connectivity index (χ4v) is 2.76. The summed E-state index contributed by atoms with van der Waals surface area (Å²) in [6.07, 6.45) is -0.0556. The summed E-state index contributed by atoms with van der Waals surface area (Å²) in [5.74, 6) is 1.04. The second-order valence-corrected chi connectivity index (χ2v) is 6.24. The summed E-state index contributed by atoms with van der Waals surface area (Å²) in [7, 11) is 0. The number of hydrazone groups is 1. The van der Waals surface area contributed by atoms with Crippen molar-refractivity contribution in [2.75, 3.05) is 6.61 Å². The standard InChI is InChI=1S/C19H19ClN2O3/c1-12-5-3-8-16-17(9-10-24-18(12)16)21-22-19(23)13(2)25-15-7-4-6-14(20)11-15/h3-8,11,13H,9-10H2,1-2H3,(H,22,23)/b21-17-/t13-/m0/s1. The Balaban J connectivity index is 1.68. The predicted molar refractivity (Wildman–Crippen MR) is 97.5 cm³/mol. The van der Waals surface area contributed by atoms with Crippen molar-refractivity contribution in [3.63, 3.8) is 0 Å². The molecule has 3 rings (SSSR count). The van der Waals surface area contributed by atoms with E-state index in [4.69, 9.17) is 21.1 Å². The number of nitrogens with zero attached hydrogens (tertiary/aromatic N) is 1. The first kappa shape index (κ1) is 17.3. The molecule has 0 unspecified atom stereocenters. The van der Waals surface area contributed by atoms with Crippen LogP contribution in [-0.2, 0) is 4.79 Å². The zero-order valence-electron chi connectivity index (χ0n) is 14.1. The van der Waals surface area contributed by atoms with Crippen molar-refractivity contribution in [2.24, 2.45) is 5.10 Å². The van der Waals surface area contributed by atoms with E-state index in [1.54, 1.807) is 31.2 Å². The number of halogens is 1. The lowest BCUT2D eigenvalue weighted by atomic mass is 10.0. The number of nitrogens with one attached hydrogen (secondary N) is 1. The van der Waals surface area contributed by atoms with Gasteiger partial charge in [0.25, 0.3) is 5.91 Å². The molecular weight excluding hydrogens is 340 g/mol. The van der Waals surface area contributed by atoms with Gasteiger partial charge in [-0.1, -0.05) is 29.8 Å². The number of aryl methyl sites for hydroxylation is 1. The number of rotatable bonds is 4. The number of amides is 1. The summed E-state index contributed by atoms with van der Waals surface area (Å²) in [6, 6.07) is 12.8. The van der Waals surface area contributed by atoms with Gasteiger partial charge in [-0.15, -0.1) is 0 Å². The molecule has 130 valence electrons. The summed E-state index contributed by atoms with van der Waals surface area (Å²) in [5.41, 5.74) is 5.34. The van der Waals surface area contributed by atoms with Crippen LogP contribution in [0.15, 0.2) is 47.6 Å². The maximum Gasteiger partial charge on any atom is 0.280 e. The molecule has 1 aliphatic heterocycles. The number of hydrogen-bond donors (Lipinski definition) is 1. The SMILES string of the molecule is Cc1cccc2c1OCC/C2=N/NC(=O)[C@H](C)Oc1cccc(Cl)c1. The van der Waals surface area contributed by atoms with Gasteiger partial charge >= 0.3 is 0 Å². The van der Waals surface area contributed by atoms with Gasteiger partial charge in [-0.05, 0) is 43.7 Å². The van der Waals surface area contributed by atoms with E-state index in [2.05, 4.69) is 10.5 Å². The molecule has 25 heavy (non-hydrogen) atoms. The predicted octanol–water partition coefficient (Wildman–Crippen LogP) is 3.72. The highest BCUT2D eigenvalue weighted by atomic mass is 35.5. The summed E-state index contributed by atoms with van der Waals surface area (Å²) < 4.78 is 11.3. The first-order valence-corrected chi connectivity index (χ1v) is 8.44. The average molecular weight is 359 g/mol. The third-order valence-corrected chi connectivity index (χ3v) is 4.12. The number of ether oxygens (including phenoxy) is 2. The van der Waals surface area contributed by atoms with Crippen LogP contribution in [0.3, 0.4) is 0 Å². The zero-order chi connectivity index (χ0) is 17.8. The van der Waals surface area contributed by atoms with Crippen molar-refractivity contribution >= 4 is 23.2 Å². The maximum absolute atomic E-state index is 12.2. The molecule has 1 N–H and O–H groups in total. The molecule has 2 aromatic rings. The van der Waals surface area contributed by atoms with Gasteiger partial charge in [0.1, 0.15) is 11.5 Å². The van der Waals surface area contributed by atoms with Gasteiger partial charge in [-0.3, -0.25) is 4.79 Å². The van der Waals surface area contributed by atoms with Gasteiger partial charge in [0.15, 0.2) is 6.10 Å². The van der Waals surface area contributed by atoms with Gasteiger partial charge in [-0.25, -0.2) is 5.43 Å². The van der Waals surface area contributed by atoms with Crippen LogP contribution in [0.2, 0.25) is 5.02 Å². The highest BCUT2D eigenvalue weighted by Gasteiger charge is 2.20. The van der Waals surface area contributed by atoms with Crippen molar-refractivity contribution in [1.29, 1.82) is 0 Å². The molecule has 0 saturated heterocycles. The van der Waals surface area contributed by atoms with Gasteiger partial charge in [0.2, 0.25) is 0 Å². The Morgan fingerprint density at radius 2 is 2.12 bits per heavy atom. The second kappa shape index (κ2) is 7.57. The number of carbonyl (C=O) groups is 1. The molecule has 1 aliphatic rings. The van der Waals surface area contributed by atoms with E-state index < -0.39 is 6.10 Å². The van der Waals surface area contributed by atoms with Crippen LogP contribution in [0.4, 0.5) is 0 Å². The monoisotopic (exact) mass is 358 g/mol. The molecule has 5 nitrogen and oxygen atoms in total. The van der Waals surface area contributed by atoms with E-state index in [1.165, 1.54) is 0 Å². The first-order chi connectivity index (χ1) is 12.0. The molecule has 1 atom stereocenters. The second-order valence-electron chi connectivity index (χ2n) is 5.80. The molecule has 1 amide bonds. The minimum Gasteiger partial charge on any atom is -0.492 e. The molecule has 0 spiro atoms. The lowest BCUT2D eigenvalue weighted by Crippen LogP contribution is -2.34. The maximum atomic E-state index is 12.2. The summed E-state index contributed by atoms with van der Waals surface area (Å²) in [4.78, 5) is 12.2. The molecule has 0 bridgehead atoms. The molecule has 0 fully saturated rings. The van der Waals surface area contributed by atoms with Gasteiger partial charge in [-0.2, -0.15) is 5.10 Å². The lowest BCUT2D eigenvalue weighted by molar-refractivity contribution is -0.127. The number of para-hydroxylation sites is 1. The number of carbonyl (C=O) groups excluding carboxylic acids is 1. The molecule has 2 aromatic carbocycles. The molecular formula is C19H19ClN2O3.